The number of carboxylic acid groups (broad SMARTS) is 1. The number of rotatable bonds is 7. The molecule has 2 amide bonds. The maximum absolute atomic E-state index is 11.7. The van der Waals surface area contributed by atoms with Crippen molar-refractivity contribution in [3.63, 3.8) is 0 Å². The van der Waals surface area contributed by atoms with Gasteiger partial charge in [0.2, 0.25) is 0 Å². The summed E-state index contributed by atoms with van der Waals surface area (Å²) in [6.07, 6.45) is 0.534. The lowest BCUT2D eigenvalue weighted by Gasteiger charge is -2.17. The predicted octanol–water partition coefficient (Wildman–Crippen LogP) is 2.34. The fourth-order valence-electron chi connectivity index (χ4n) is 1.89. The van der Waals surface area contributed by atoms with Crippen molar-refractivity contribution < 1.29 is 14.7 Å². The number of amides is 2. The molecule has 0 aliphatic carbocycles. The van der Waals surface area contributed by atoms with E-state index in [1.165, 1.54) is 0 Å². The molecule has 1 aromatic carbocycles. The minimum atomic E-state index is -0.908. The van der Waals surface area contributed by atoms with Crippen LogP contribution in [0.4, 0.5) is 4.79 Å². The molecule has 110 valence electrons. The van der Waals surface area contributed by atoms with E-state index in [-0.39, 0.29) is 24.4 Å². The first kappa shape index (κ1) is 16.0. The van der Waals surface area contributed by atoms with E-state index in [4.69, 9.17) is 5.11 Å². The van der Waals surface area contributed by atoms with Crippen LogP contribution >= 0.6 is 0 Å². The van der Waals surface area contributed by atoms with Gasteiger partial charge in [-0.1, -0.05) is 44.2 Å². The topological polar surface area (TPSA) is 78.4 Å². The van der Waals surface area contributed by atoms with E-state index in [9.17, 15) is 9.59 Å². The van der Waals surface area contributed by atoms with Crippen LogP contribution in [0.3, 0.4) is 0 Å². The van der Waals surface area contributed by atoms with Crippen molar-refractivity contribution in [1.29, 1.82) is 0 Å². The normalized spacial score (nSPS) is 13.3. The van der Waals surface area contributed by atoms with Gasteiger partial charge in [-0.15, -0.1) is 0 Å². The van der Waals surface area contributed by atoms with Gasteiger partial charge in [0.15, 0.2) is 0 Å². The van der Waals surface area contributed by atoms with E-state index < -0.39 is 5.97 Å². The van der Waals surface area contributed by atoms with Gasteiger partial charge in [0.05, 0.1) is 6.42 Å². The lowest BCUT2D eigenvalue weighted by molar-refractivity contribution is -0.137. The molecule has 1 aromatic rings. The molecular formula is C15H22N2O3. The van der Waals surface area contributed by atoms with Gasteiger partial charge in [-0.25, -0.2) is 4.79 Å². The minimum Gasteiger partial charge on any atom is -0.481 e. The Bertz CT molecular complexity index is 434. The van der Waals surface area contributed by atoms with E-state index in [0.29, 0.717) is 13.0 Å². The van der Waals surface area contributed by atoms with Gasteiger partial charge in [0, 0.05) is 12.6 Å². The summed E-state index contributed by atoms with van der Waals surface area (Å²) in [6, 6.07) is 9.26. The number of carbonyl (C=O) groups excluding carboxylic acids is 1. The van der Waals surface area contributed by atoms with Crippen molar-refractivity contribution in [2.75, 3.05) is 6.54 Å². The second kappa shape index (κ2) is 8.19. The molecule has 3 N–H and O–H groups in total. The molecule has 0 saturated heterocycles. The summed E-state index contributed by atoms with van der Waals surface area (Å²) in [5.41, 5.74) is 1.16. The molecule has 2 unspecified atom stereocenters. The third kappa shape index (κ3) is 5.73. The Morgan fingerprint density at radius 3 is 2.45 bits per heavy atom. The fraction of sp³-hybridized carbons (Fsp3) is 0.467. The van der Waals surface area contributed by atoms with Crippen LogP contribution in [-0.4, -0.2) is 29.7 Å². The van der Waals surface area contributed by atoms with E-state index >= 15 is 0 Å². The number of carboxylic acids is 1. The van der Waals surface area contributed by atoms with Crippen LogP contribution in [0.5, 0.6) is 0 Å². The third-order valence-electron chi connectivity index (χ3n) is 3.19. The summed E-state index contributed by atoms with van der Waals surface area (Å²) < 4.78 is 0. The highest BCUT2D eigenvalue weighted by atomic mass is 16.4. The first-order chi connectivity index (χ1) is 9.52. The molecule has 0 aromatic heterocycles. The van der Waals surface area contributed by atoms with Gasteiger partial charge < -0.3 is 15.7 Å². The lowest BCUT2D eigenvalue weighted by atomic mass is 10.0. The zero-order chi connectivity index (χ0) is 15.0. The zero-order valence-electron chi connectivity index (χ0n) is 11.9. The third-order valence-corrected chi connectivity index (χ3v) is 3.19. The largest absolute Gasteiger partial charge is 0.481 e. The van der Waals surface area contributed by atoms with Crippen molar-refractivity contribution in [3.05, 3.63) is 35.9 Å². The summed E-state index contributed by atoms with van der Waals surface area (Å²) in [6.45, 7) is 4.39. The first-order valence-corrected chi connectivity index (χ1v) is 6.84. The van der Waals surface area contributed by atoms with Crippen LogP contribution in [0.1, 0.15) is 38.2 Å². The summed E-state index contributed by atoms with van der Waals surface area (Å²) >= 11 is 0. The van der Waals surface area contributed by atoms with E-state index in [1.54, 1.807) is 0 Å². The maximum Gasteiger partial charge on any atom is 0.315 e. The summed E-state index contributed by atoms with van der Waals surface area (Å²) in [5, 5.41) is 14.2. The highest BCUT2D eigenvalue weighted by Crippen LogP contribution is 2.12. The Morgan fingerprint density at radius 1 is 1.25 bits per heavy atom. The number of hydrogen-bond acceptors (Lipinski definition) is 2. The first-order valence-electron chi connectivity index (χ1n) is 6.84. The highest BCUT2D eigenvalue weighted by Gasteiger charge is 2.14. The molecule has 0 heterocycles. The summed E-state index contributed by atoms with van der Waals surface area (Å²) in [4.78, 5) is 22.3. The predicted molar refractivity (Wildman–Crippen MR) is 77.7 cm³/mol. The molecule has 20 heavy (non-hydrogen) atoms. The van der Waals surface area contributed by atoms with Gasteiger partial charge in [-0.05, 0) is 17.9 Å². The Hall–Kier alpha value is -2.04. The van der Waals surface area contributed by atoms with Crippen molar-refractivity contribution in [3.8, 4) is 0 Å². The lowest BCUT2D eigenvalue weighted by Crippen LogP contribution is -2.43. The van der Waals surface area contributed by atoms with E-state index in [2.05, 4.69) is 10.6 Å². The molecule has 0 bridgehead atoms. The Balaban J connectivity index is 2.37. The summed E-state index contributed by atoms with van der Waals surface area (Å²) in [7, 11) is 0. The molecule has 0 aliphatic rings. The Labute approximate surface area is 119 Å². The van der Waals surface area contributed by atoms with Crippen molar-refractivity contribution in [2.24, 2.45) is 0 Å². The number of nitrogens with one attached hydrogen (secondary N) is 2. The van der Waals surface area contributed by atoms with Gasteiger partial charge in [-0.2, -0.15) is 0 Å². The fourth-order valence-corrected chi connectivity index (χ4v) is 1.89. The van der Waals surface area contributed by atoms with Crippen molar-refractivity contribution in [1.82, 2.24) is 10.6 Å². The van der Waals surface area contributed by atoms with Crippen molar-refractivity contribution >= 4 is 12.0 Å². The van der Waals surface area contributed by atoms with Crippen LogP contribution in [0.2, 0.25) is 0 Å². The average molecular weight is 278 g/mol. The molecule has 0 fully saturated rings. The molecule has 1 rings (SSSR count). The zero-order valence-corrected chi connectivity index (χ0v) is 11.9. The Morgan fingerprint density at radius 2 is 1.90 bits per heavy atom. The molecule has 0 aliphatic heterocycles. The van der Waals surface area contributed by atoms with E-state index in [0.717, 1.165) is 5.56 Å². The molecule has 5 heteroatoms. The molecule has 5 nitrogen and oxygen atoms in total. The number of urea groups is 1. The molecule has 0 radical (unpaired) electrons. The summed E-state index contributed by atoms with van der Waals surface area (Å²) in [5.74, 6) is -0.698. The van der Waals surface area contributed by atoms with Crippen LogP contribution in [0, 0.1) is 0 Å². The van der Waals surface area contributed by atoms with Crippen LogP contribution in [-0.2, 0) is 4.79 Å². The number of benzene rings is 1. The van der Waals surface area contributed by atoms with Gasteiger partial charge >= 0.3 is 12.0 Å². The molecule has 0 spiro atoms. The smallest absolute Gasteiger partial charge is 0.315 e. The standard InChI is InChI=1S/C15H22N2O3/c1-3-13(9-14(18)19)17-15(20)16-10-11(2)12-7-5-4-6-8-12/h4-8,11,13H,3,9-10H2,1-2H3,(H,18,19)(H2,16,17,20). The van der Waals surface area contributed by atoms with Gasteiger partial charge in [-0.3, -0.25) is 4.79 Å². The molecular weight excluding hydrogens is 256 g/mol. The number of hydrogen-bond donors (Lipinski definition) is 3. The second-order valence-electron chi connectivity index (χ2n) is 4.87. The van der Waals surface area contributed by atoms with Crippen LogP contribution < -0.4 is 10.6 Å². The average Bonchev–Trinajstić information content (AvgIpc) is 2.44. The monoisotopic (exact) mass is 278 g/mol. The van der Waals surface area contributed by atoms with Gasteiger partial charge in [0.1, 0.15) is 0 Å². The Kier molecular flexibility index (Phi) is 6.56. The van der Waals surface area contributed by atoms with E-state index in [1.807, 2.05) is 44.2 Å². The minimum absolute atomic E-state index is 0.0574. The SMILES string of the molecule is CCC(CC(=O)O)NC(=O)NCC(C)c1ccccc1. The van der Waals surface area contributed by atoms with Crippen molar-refractivity contribution in [2.45, 2.75) is 38.6 Å². The van der Waals surface area contributed by atoms with Gasteiger partial charge in [0.25, 0.3) is 0 Å². The molecule has 2 atom stereocenters. The number of aliphatic carboxylic acids is 1. The molecule has 0 saturated carbocycles. The van der Waals surface area contributed by atoms with Crippen LogP contribution in [0.25, 0.3) is 0 Å². The second-order valence-corrected chi connectivity index (χ2v) is 4.87. The highest BCUT2D eigenvalue weighted by molar-refractivity contribution is 5.75. The van der Waals surface area contributed by atoms with Crippen LogP contribution in [0.15, 0.2) is 30.3 Å². The number of carbonyl (C=O) groups is 2. The maximum atomic E-state index is 11.7. The quantitative estimate of drug-likeness (QED) is 0.716.